The molecule has 0 saturated carbocycles. The molecule has 0 unspecified atom stereocenters. The van der Waals surface area contributed by atoms with Gasteiger partial charge in [0.15, 0.2) is 17.3 Å². The summed E-state index contributed by atoms with van der Waals surface area (Å²) in [6, 6.07) is -3.03. The van der Waals surface area contributed by atoms with Crippen molar-refractivity contribution in [2.24, 2.45) is 34.4 Å². The summed E-state index contributed by atoms with van der Waals surface area (Å²) in [6.45, 7) is 0.356. The summed E-state index contributed by atoms with van der Waals surface area (Å²) in [6.07, 6.45) is 4.98. The van der Waals surface area contributed by atoms with Gasteiger partial charge in [0.1, 0.15) is 42.1 Å². The van der Waals surface area contributed by atoms with Crippen molar-refractivity contribution in [3.05, 3.63) is 45.4 Å². The SMILES string of the molecule is NCCCC[C@H](NC(=O)[C@H](CCCCN)NC(=O)[C@@H](N)CCCCN)C(=O)N[C@@H](CCCCN)C(=O)N[C@@H](CCCCN)C(=O)N(CC(=O)O)NC(=O)c1cc(NC(=O)c2cc(NC(=O)c3cc([N+](=O)[O-])[nH]n3)n[nH]2)n[nH]1. The lowest BCUT2D eigenvalue weighted by Crippen LogP contribution is -2.60. The fourth-order valence-corrected chi connectivity index (χ4v) is 7.34. The molecule has 33 nitrogen and oxygen atoms in total. The van der Waals surface area contributed by atoms with Crippen LogP contribution in [0.15, 0.2) is 18.2 Å². The summed E-state index contributed by atoms with van der Waals surface area (Å²) in [4.78, 5) is 131. The van der Waals surface area contributed by atoms with Crippen LogP contribution < -0.4 is 71.7 Å². The molecule has 0 fully saturated rings. The summed E-state index contributed by atoms with van der Waals surface area (Å²) in [5.41, 5.74) is 35.9. The molecule has 426 valence electrons. The molecule has 0 bridgehead atoms. The number of nitrogens with one attached hydrogen (secondary N) is 10. The van der Waals surface area contributed by atoms with Crippen molar-refractivity contribution < 1.29 is 53.2 Å². The van der Waals surface area contributed by atoms with Gasteiger partial charge in [0.05, 0.1) is 12.1 Å². The van der Waals surface area contributed by atoms with Gasteiger partial charge >= 0.3 is 11.8 Å². The summed E-state index contributed by atoms with van der Waals surface area (Å²) in [5.74, 6) is -9.31. The van der Waals surface area contributed by atoms with E-state index in [1.54, 1.807) is 0 Å². The Hall–Kier alpha value is -7.98. The predicted octanol–water partition coefficient (Wildman–Crippen LogP) is -3.26. The fourth-order valence-electron chi connectivity index (χ4n) is 7.34. The van der Waals surface area contributed by atoms with Gasteiger partial charge in [0.25, 0.3) is 23.6 Å². The van der Waals surface area contributed by atoms with Crippen LogP contribution in [-0.4, -0.2) is 168 Å². The van der Waals surface area contributed by atoms with Crippen LogP contribution >= 0.6 is 0 Å². The van der Waals surface area contributed by atoms with E-state index in [9.17, 15) is 58.4 Å². The molecule has 3 rings (SSSR count). The summed E-state index contributed by atoms with van der Waals surface area (Å²) in [5, 5.41) is 54.6. The molecule has 3 aromatic heterocycles. The van der Waals surface area contributed by atoms with Crippen molar-refractivity contribution in [2.45, 2.75) is 127 Å². The number of hydrogen-bond donors (Lipinski definition) is 17. The highest BCUT2D eigenvalue weighted by Gasteiger charge is 2.34. The van der Waals surface area contributed by atoms with Crippen molar-refractivity contribution in [1.29, 1.82) is 0 Å². The average molecular weight is 1090 g/mol. The molecule has 0 aliphatic heterocycles. The maximum atomic E-state index is 14.2. The number of rotatable bonds is 37. The minimum atomic E-state index is -1.56. The first-order valence-corrected chi connectivity index (χ1v) is 25.1. The molecule has 0 spiro atoms. The molecule has 77 heavy (non-hydrogen) atoms. The van der Waals surface area contributed by atoms with Crippen molar-refractivity contribution in [3.8, 4) is 0 Å². The van der Waals surface area contributed by atoms with Crippen molar-refractivity contribution in [3.63, 3.8) is 0 Å². The monoisotopic (exact) mass is 1090 g/mol. The van der Waals surface area contributed by atoms with E-state index >= 15 is 0 Å². The summed E-state index contributed by atoms with van der Waals surface area (Å²) >= 11 is 0. The Balaban J connectivity index is 1.80. The molecule has 0 saturated heterocycles. The number of nitrogens with two attached hydrogens (primary N) is 6. The second-order valence-corrected chi connectivity index (χ2v) is 17.7. The quantitative estimate of drug-likeness (QED) is 0.0153. The van der Waals surface area contributed by atoms with Crippen LogP contribution in [0.4, 0.5) is 17.5 Å². The van der Waals surface area contributed by atoms with Crippen LogP contribution in [0.5, 0.6) is 0 Å². The van der Waals surface area contributed by atoms with Gasteiger partial charge < -0.3 is 81.5 Å². The molecule has 3 aromatic rings. The molecule has 0 radical (unpaired) electrons. The Kier molecular flexibility index (Phi) is 27.8. The highest BCUT2D eigenvalue weighted by atomic mass is 16.6. The molecule has 8 amide bonds. The fraction of sp³-hybridized carbons (Fsp3) is 0.591. The van der Waals surface area contributed by atoms with E-state index in [1.807, 2.05) is 0 Å². The molecule has 33 heteroatoms. The van der Waals surface area contributed by atoms with Gasteiger partial charge in [-0.1, -0.05) is 11.5 Å². The van der Waals surface area contributed by atoms with Crippen LogP contribution in [0, 0.1) is 10.1 Å². The second kappa shape index (κ2) is 33.8. The number of H-pyrrole nitrogens is 3. The van der Waals surface area contributed by atoms with Gasteiger partial charge in [-0.15, -0.1) is 5.10 Å². The third-order valence-electron chi connectivity index (χ3n) is 11.5. The van der Waals surface area contributed by atoms with Gasteiger partial charge in [0, 0.05) is 12.1 Å². The van der Waals surface area contributed by atoms with Gasteiger partial charge in [-0.05, 0) is 128 Å². The number of carboxylic acid groups (broad SMARTS) is 1. The summed E-state index contributed by atoms with van der Waals surface area (Å²) in [7, 11) is 0. The lowest BCUT2D eigenvalue weighted by molar-refractivity contribution is -0.389. The van der Waals surface area contributed by atoms with Crippen molar-refractivity contribution in [2.75, 3.05) is 49.9 Å². The zero-order valence-electron chi connectivity index (χ0n) is 42.6. The number of unbranched alkanes of at least 4 members (excludes halogenated alkanes) is 5. The van der Waals surface area contributed by atoms with Gasteiger partial charge in [-0.2, -0.15) is 10.2 Å². The largest absolute Gasteiger partial charge is 0.480 e. The number of carbonyl (C=O) groups is 9. The Morgan fingerprint density at radius 3 is 1.38 bits per heavy atom. The minimum Gasteiger partial charge on any atom is -0.480 e. The number of nitrogens with zero attached hydrogens (tertiary/aromatic N) is 5. The molecular weight excluding hydrogens is 1010 g/mol. The smallest absolute Gasteiger partial charge is 0.343 e. The third kappa shape index (κ3) is 22.0. The number of amides is 8. The number of nitro groups is 1. The molecule has 0 aromatic carbocycles. The average Bonchev–Trinajstić information content (AvgIpc) is 4.20. The first-order chi connectivity index (χ1) is 36.8. The van der Waals surface area contributed by atoms with Crippen LogP contribution in [0.25, 0.3) is 0 Å². The van der Waals surface area contributed by atoms with E-state index in [1.165, 1.54) is 0 Å². The van der Waals surface area contributed by atoms with Crippen molar-refractivity contribution >= 4 is 70.7 Å². The Morgan fingerprint density at radius 2 is 0.948 bits per heavy atom. The van der Waals surface area contributed by atoms with Crippen LogP contribution in [0.2, 0.25) is 0 Å². The normalized spacial score (nSPS) is 13.0. The van der Waals surface area contributed by atoms with Gasteiger partial charge in [-0.25, -0.2) is 5.01 Å². The number of carboxylic acids is 1. The molecule has 0 aliphatic carbocycles. The Bertz CT molecular complexity index is 2430. The summed E-state index contributed by atoms with van der Waals surface area (Å²) < 4.78 is 0. The third-order valence-corrected chi connectivity index (χ3v) is 11.5. The number of hydrogen-bond acceptors (Lipinski definition) is 20. The lowest BCUT2D eigenvalue weighted by atomic mass is 10.0. The topological polar surface area (TPSA) is 547 Å². The number of anilines is 2. The minimum absolute atomic E-state index is 0.00844. The number of carbonyl (C=O) groups excluding carboxylic acids is 8. The Labute approximate surface area is 441 Å². The van der Waals surface area contributed by atoms with Crippen LogP contribution in [0.3, 0.4) is 0 Å². The molecule has 0 aliphatic rings. The maximum Gasteiger partial charge on any atom is 0.343 e. The van der Waals surface area contributed by atoms with Gasteiger partial charge in [-0.3, -0.25) is 58.8 Å². The first kappa shape index (κ1) is 63.3. The lowest BCUT2D eigenvalue weighted by Gasteiger charge is -2.29. The van der Waals surface area contributed by atoms with Gasteiger partial charge in [0.2, 0.25) is 23.6 Å². The maximum absolute atomic E-state index is 14.2. The van der Waals surface area contributed by atoms with Crippen LogP contribution in [0.1, 0.15) is 128 Å². The Morgan fingerprint density at radius 1 is 0.545 bits per heavy atom. The van der Waals surface area contributed by atoms with Crippen molar-refractivity contribution in [1.82, 2.24) is 62.3 Å². The first-order valence-electron chi connectivity index (χ1n) is 25.1. The zero-order chi connectivity index (χ0) is 56.9. The van der Waals surface area contributed by atoms with E-state index in [0.717, 1.165) is 18.2 Å². The van der Waals surface area contributed by atoms with E-state index < -0.39 is 101 Å². The molecule has 23 N–H and O–H groups in total. The highest BCUT2D eigenvalue weighted by Crippen LogP contribution is 2.15. The number of hydrazine groups is 1. The van der Waals surface area contributed by atoms with E-state index in [0.29, 0.717) is 82.3 Å². The number of aliphatic carboxylic acids is 1. The molecular formula is C44H73N21O12. The molecule has 5 atom stereocenters. The standard InChI is InChI=1S/C44H73N21O12/c45-16-6-1-11-25(50)37(68)51-26(12-2-7-17-46)38(69)52-27(13-3-8-18-47)39(70)53-28(14-4-9-19-48)40(71)54-29(15-5-10-20-49)44(75)64(24-36(66)67)63-43(74)31-22-34(61-58-31)55-41(72)30-21-33(60-57-30)56-42(73)32-23-35(62-59-32)65(76)77/h21-23,25-29H,1-20,24,45-50H2,(H,51,68)(H,52,69)(H,53,70)(H,54,71)(H,59,62)(H,63,74)(H,66,67)(H2,55,58,61,72)(H2,56,57,60,73)/t25-,26-,27-,28-,29-/m0/s1. The number of aromatic nitrogens is 6. The van der Waals surface area contributed by atoms with E-state index in [2.05, 4.69) is 67.9 Å². The van der Waals surface area contributed by atoms with E-state index in [-0.39, 0.29) is 80.5 Å². The van der Waals surface area contributed by atoms with Crippen LogP contribution in [-0.2, 0) is 28.8 Å². The van der Waals surface area contributed by atoms with E-state index in [4.69, 9.17) is 34.4 Å². The zero-order valence-corrected chi connectivity index (χ0v) is 42.6. The second-order valence-electron chi connectivity index (χ2n) is 17.7. The number of aromatic amines is 3. The highest BCUT2D eigenvalue weighted by molar-refractivity contribution is 6.06. The molecule has 3 heterocycles. The predicted molar refractivity (Wildman–Crippen MR) is 275 cm³/mol.